The molecule has 0 unspecified atom stereocenters. The van der Waals surface area contributed by atoms with Crippen LogP contribution in [-0.4, -0.2) is 62.4 Å². The Morgan fingerprint density at radius 2 is 1.46 bits per heavy atom. The van der Waals surface area contributed by atoms with Crippen molar-refractivity contribution in [3.8, 4) is 11.8 Å². The maximum absolute atomic E-state index is 10.5. The number of nitrogens with zero attached hydrogens (tertiary/aromatic N) is 5. The Morgan fingerprint density at radius 1 is 0.786 bits per heavy atom. The molecule has 1 aliphatic carbocycles. The second kappa shape index (κ2) is 8.82. The second-order valence-electron chi connectivity index (χ2n) is 7.90. The fourth-order valence-electron chi connectivity index (χ4n) is 4.49. The Bertz CT molecular complexity index is 747. The normalized spacial score (nSPS) is 18.1. The molecule has 7 nitrogen and oxygen atoms in total. The zero-order valence-electron chi connectivity index (χ0n) is 16.6. The van der Waals surface area contributed by atoms with E-state index in [0.717, 1.165) is 94.7 Å². The first-order valence-corrected chi connectivity index (χ1v) is 10.6. The van der Waals surface area contributed by atoms with Gasteiger partial charge in [-0.15, -0.1) is 0 Å². The van der Waals surface area contributed by atoms with E-state index in [1.807, 2.05) is 6.07 Å². The van der Waals surface area contributed by atoms with Crippen LogP contribution in [0, 0.1) is 0 Å². The molecule has 4 rings (SSSR count). The number of anilines is 1. The summed E-state index contributed by atoms with van der Waals surface area (Å²) in [6.45, 7) is 5.80. The van der Waals surface area contributed by atoms with Crippen LogP contribution in [0.25, 0.3) is 0 Å². The largest absolute Gasteiger partial charge is 0.494 e. The lowest BCUT2D eigenvalue weighted by Gasteiger charge is -2.21. The third-order valence-corrected chi connectivity index (χ3v) is 6.05. The molecule has 1 saturated heterocycles. The zero-order chi connectivity index (χ0) is 19.3. The van der Waals surface area contributed by atoms with Gasteiger partial charge in [0.1, 0.15) is 0 Å². The van der Waals surface area contributed by atoms with Crippen molar-refractivity contribution in [2.24, 2.45) is 0 Å². The molecule has 2 aromatic rings. The topological polar surface area (TPSA) is 77.7 Å². The van der Waals surface area contributed by atoms with Gasteiger partial charge in [0, 0.05) is 49.7 Å². The Labute approximate surface area is 166 Å². The van der Waals surface area contributed by atoms with E-state index in [0.29, 0.717) is 18.3 Å². The van der Waals surface area contributed by atoms with Crippen molar-refractivity contribution in [2.45, 2.75) is 51.5 Å². The molecule has 1 aliphatic heterocycles. The maximum atomic E-state index is 10.5. The van der Waals surface area contributed by atoms with Crippen molar-refractivity contribution in [1.29, 1.82) is 0 Å². The Hall–Kier alpha value is -2.28. The van der Waals surface area contributed by atoms with Crippen molar-refractivity contribution < 1.29 is 10.2 Å². The Balaban J connectivity index is 1.24. The number of aromatic hydroxyl groups is 2. The number of hydrogen-bond donors (Lipinski definition) is 2. The van der Waals surface area contributed by atoms with E-state index < -0.39 is 0 Å². The van der Waals surface area contributed by atoms with Crippen LogP contribution >= 0.6 is 0 Å². The van der Waals surface area contributed by atoms with Gasteiger partial charge >= 0.3 is 0 Å². The lowest BCUT2D eigenvalue weighted by atomic mass is 9.95. The summed E-state index contributed by atoms with van der Waals surface area (Å²) in [5.74, 6) is 1.41. The first-order chi connectivity index (χ1) is 13.7. The highest BCUT2D eigenvalue weighted by Gasteiger charge is 2.24. The van der Waals surface area contributed by atoms with Crippen molar-refractivity contribution in [1.82, 2.24) is 19.4 Å². The van der Waals surface area contributed by atoms with E-state index in [-0.39, 0.29) is 0 Å². The van der Waals surface area contributed by atoms with Crippen LogP contribution in [-0.2, 0) is 19.4 Å². The SMILES string of the molecule is Oc1c2c(c(O)n1CCCCN1CCCN(c3ncccn3)CC1)CCCC2. The molecule has 3 heterocycles. The predicted octanol–water partition coefficient (Wildman–Crippen LogP) is 2.56. The van der Waals surface area contributed by atoms with Gasteiger partial charge in [-0.25, -0.2) is 9.97 Å². The van der Waals surface area contributed by atoms with Crippen molar-refractivity contribution in [2.75, 3.05) is 37.6 Å². The van der Waals surface area contributed by atoms with Gasteiger partial charge in [0.05, 0.1) is 0 Å². The molecule has 1 fully saturated rings. The molecule has 2 N–H and O–H groups in total. The molecule has 0 bridgehead atoms. The smallest absolute Gasteiger partial charge is 0.225 e. The number of fused-ring (bicyclic) bond motifs is 1. The van der Waals surface area contributed by atoms with E-state index in [1.54, 1.807) is 17.0 Å². The zero-order valence-corrected chi connectivity index (χ0v) is 16.6. The molecule has 7 heteroatoms. The molecule has 0 aromatic carbocycles. The molecule has 0 amide bonds. The number of unbranched alkanes of at least 4 members (excludes halogenated alkanes) is 1. The van der Waals surface area contributed by atoms with Gasteiger partial charge < -0.3 is 20.0 Å². The molecule has 28 heavy (non-hydrogen) atoms. The van der Waals surface area contributed by atoms with Crippen LogP contribution in [0.15, 0.2) is 18.5 Å². The highest BCUT2D eigenvalue weighted by Crippen LogP contribution is 2.38. The number of rotatable bonds is 6. The Kier molecular flexibility index (Phi) is 6.00. The summed E-state index contributed by atoms with van der Waals surface area (Å²) in [6.07, 6.45) is 10.7. The lowest BCUT2D eigenvalue weighted by molar-refractivity contribution is 0.281. The summed E-state index contributed by atoms with van der Waals surface area (Å²) < 4.78 is 1.72. The molecular weight excluding hydrogens is 354 g/mol. The lowest BCUT2D eigenvalue weighted by Crippen LogP contribution is -2.32. The van der Waals surface area contributed by atoms with Crippen LogP contribution in [0.5, 0.6) is 11.8 Å². The highest BCUT2D eigenvalue weighted by atomic mass is 16.3. The van der Waals surface area contributed by atoms with Crippen LogP contribution in [0.4, 0.5) is 5.95 Å². The van der Waals surface area contributed by atoms with E-state index in [2.05, 4.69) is 19.8 Å². The van der Waals surface area contributed by atoms with Gasteiger partial charge in [-0.1, -0.05) is 0 Å². The first kappa shape index (κ1) is 19.1. The third kappa shape index (κ3) is 4.09. The molecule has 0 spiro atoms. The summed E-state index contributed by atoms with van der Waals surface area (Å²) in [4.78, 5) is 13.5. The van der Waals surface area contributed by atoms with Crippen LogP contribution in [0.2, 0.25) is 0 Å². The van der Waals surface area contributed by atoms with Gasteiger partial charge in [0.2, 0.25) is 5.95 Å². The molecule has 0 radical (unpaired) electrons. The van der Waals surface area contributed by atoms with Crippen molar-refractivity contribution >= 4 is 5.95 Å². The molecule has 152 valence electrons. The predicted molar refractivity (Wildman–Crippen MR) is 109 cm³/mol. The fourth-order valence-corrected chi connectivity index (χ4v) is 4.49. The van der Waals surface area contributed by atoms with Crippen LogP contribution < -0.4 is 4.90 Å². The van der Waals surface area contributed by atoms with Crippen molar-refractivity contribution in [3.05, 3.63) is 29.6 Å². The maximum Gasteiger partial charge on any atom is 0.225 e. The van der Waals surface area contributed by atoms with Gasteiger partial charge in [0.15, 0.2) is 11.8 Å². The third-order valence-electron chi connectivity index (χ3n) is 6.05. The summed E-state index contributed by atoms with van der Waals surface area (Å²) in [6, 6.07) is 1.85. The van der Waals surface area contributed by atoms with E-state index in [1.165, 1.54) is 0 Å². The average molecular weight is 386 g/mol. The standard InChI is InChI=1S/C21H31N5O2/c27-19-17-7-1-2-8-18(17)20(28)26(19)14-4-3-11-24-12-6-13-25(16-15-24)21-22-9-5-10-23-21/h5,9-10,27-28H,1-4,6-8,11-16H2. The van der Waals surface area contributed by atoms with Gasteiger partial charge in [-0.3, -0.25) is 4.57 Å². The molecule has 0 atom stereocenters. The Morgan fingerprint density at radius 3 is 2.18 bits per heavy atom. The van der Waals surface area contributed by atoms with E-state index >= 15 is 0 Å². The van der Waals surface area contributed by atoms with E-state index in [9.17, 15) is 10.2 Å². The monoisotopic (exact) mass is 385 g/mol. The minimum atomic E-state index is 0.292. The van der Waals surface area contributed by atoms with Gasteiger partial charge in [0.25, 0.3) is 0 Å². The molecule has 2 aromatic heterocycles. The number of aromatic nitrogens is 3. The highest BCUT2D eigenvalue weighted by molar-refractivity contribution is 5.46. The second-order valence-corrected chi connectivity index (χ2v) is 7.90. The van der Waals surface area contributed by atoms with Crippen LogP contribution in [0.1, 0.15) is 43.2 Å². The number of hydrogen-bond acceptors (Lipinski definition) is 6. The summed E-state index contributed by atoms with van der Waals surface area (Å²) in [5.41, 5.74) is 1.94. The quantitative estimate of drug-likeness (QED) is 0.744. The fraction of sp³-hybridized carbons (Fsp3) is 0.619. The minimum Gasteiger partial charge on any atom is -0.494 e. The molecule has 2 aliphatic rings. The summed E-state index contributed by atoms with van der Waals surface area (Å²) in [7, 11) is 0. The van der Waals surface area contributed by atoms with Crippen LogP contribution in [0.3, 0.4) is 0 Å². The molecule has 0 saturated carbocycles. The van der Waals surface area contributed by atoms with Gasteiger partial charge in [-0.2, -0.15) is 0 Å². The van der Waals surface area contributed by atoms with E-state index in [4.69, 9.17) is 0 Å². The molecular formula is C21H31N5O2. The van der Waals surface area contributed by atoms with Gasteiger partial charge in [-0.05, 0) is 64.1 Å². The summed E-state index contributed by atoms with van der Waals surface area (Å²) >= 11 is 0. The minimum absolute atomic E-state index is 0.292. The summed E-state index contributed by atoms with van der Waals surface area (Å²) in [5, 5.41) is 20.9. The average Bonchev–Trinajstić information content (AvgIpc) is 2.90. The first-order valence-electron chi connectivity index (χ1n) is 10.6. The van der Waals surface area contributed by atoms with Crippen molar-refractivity contribution in [3.63, 3.8) is 0 Å².